The van der Waals surface area contributed by atoms with E-state index in [-0.39, 0.29) is 11.4 Å². The molecule has 0 unspecified atom stereocenters. The average Bonchev–Trinajstić information content (AvgIpc) is 2.51. The van der Waals surface area contributed by atoms with Crippen LogP contribution >= 0.6 is 0 Å². The quantitative estimate of drug-likeness (QED) is 0.736. The second kappa shape index (κ2) is 6.53. The van der Waals surface area contributed by atoms with Crippen LogP contribution in [0.15, 0.2) is 53.1 Å². The highest BCUT2D eigenvalue weighted by atomic mass is 19.1. The van der Waals surface area contributed by atoms with Crippen LogP contribution < -0.4 is 5.56 Å². The molecule has 110 valence electrons. The SMILES string of the molecule is CC.Cc1cc2ccccc2c(=O)n1C1=CCCC=C1F. The zero-order valence-corrected chi connectivity index (χ0v) is 12.7. The molecular formula is C18H20FNO. The molecule has 0 saturated carbocycles. The Bertz CT molecular complexity index is 768. The summed E-state index contributed by atoms with van der Waals surface area (Å²) in [6, 6.07) is 9.31. The Labute approximate surface area is 124 Å². The number of benzene rings is 1. The number of aromatic nitrogens is 1. The second-order valence-electron chi connectivity index (χ2n) is 4.73. The number of pyridine rings is 1. The average molecular weight is 285 g/mol. The molecule has 1 aromatic carbocycles. The molecule has 1 aliphatic rings. The van der Waals surface area contributed by atoms with Crippen LogP contribution in [0.3, 0.4) is 0 Å². The molecule has 2 aromatic rings. The number of nitrogens with zero attached hydrogens (tertiary/aromatic N) is 1. The van der Waals surface area contributed by atoms with Gasteiger partial charge >= 0.3 is 0 Å². The number of hydrogen-bond donors (Lipinski definition) is 0. The number of aryl methyl sites for hydroxylation is 1. The largest absolute Gasteiger partial charge is 0.278 e. The van der Waals surface area contributed by atoms with Gasteiger partial charge in [-0.2, -0.15) is 0 Å². The van der Waals surface area contributed by atoms with Crippen LogP contribution in [0.4, 0.5) is 4.39 Å². The van der Waals surface area contributed by atoms with E-state index < -0.39 is 0 Å². The van der Waals surface area contributed by atoms with Gasteiger partial charge in [-0.05, 0) is 43.4 Å². The van der Waals surface area contributed by atoms with Gasteiger partial charge in [0.2, 0.25) is 0 Å². The van der Waals surface area contributed by atoms with Crippen molar-refractivity contribution in [2.45, 2.75) is 33.6 Å². The van der Waals surface area contributed by atoms with Gasteiger partial charge in [0.25, 0.3) is 5.56 Å². The molecular weight excluding hydrogens is 265 g/mol. The first-order valence-corrected chi connectivity index (χ1v) is 7.36. The molecule has 0 N–H and O–H groups in total. The minimum atomic E-state index is -0.313. The van der Waals surface area contributed by atoms with Crippen LogP contribution in [0, 0.1) is 6.92 Å². The van der Waals surface area contributed by atoms with Crippen LogP contribution in [0.25, 0.3) is 16.5 Å². The topological polar surface area (TPSA) is 22.0 Å². The van der Waals surface area contributed by atoms with Gasteiger partial charge in [0, 0.05) is 11.1 Å². The number of fused-ring (bicyclic) bond motifs is 1. The predicted molar refractivity (Wildman–Crippen MR) is 87.0 cm³/mol. The molecule has 1 heterocycles. The van der Waals surface area contributed by atoms with E-state index in [4.69, 9.17) is 0 Å². The minimum Gasteiger partial charge on any atom is -0.278 e. The number of hydrogen-bond acceptors (Lipinski definition) is 1. The Balaban J connectivity index is 0.000000774. The Morgan fingerprint density at radius 2 is 1.76 bits per heavy atom. The molecule has 0 bridgehead atoms. The third-order valence-corrected chi connectivity index (χ3v) is 3.42. The van der Waals surface area contributed by atoms with Gasteiger partial charge in [-0.1, -0.05) is 38.1 Å². The van der Waals surface area contributed by atoms with Crippen LogP contribution in [0.2, 0.25) is 0 Å². The van der Waals surface area contributed by atoms with Crippen molar-refractivity contribution in [1.82, 2.24) is 4.57 Å². The molecule has 2 nitrogen and oxygen atoms in total. The zero-order chi connectivity index (χ0) is 15.4. The Hall–Kier alpha value is -2.16. The third kappa shape index (κ3) is 2.82. The summed E-state index contributed by atoms with van der Waals surface area (Å²) < 4.78 is 15.4. The van der Waals surface area contributed by atoms with Gasteiger partial charge in [0.15, 0.2) is 0 Å². The highest BCUT2D eigenvalue weighted by Crippen LogP contribution is 2.25. The van der Waals surface area contributed by atoms with E-state index in [1.807, 2.05) is 45.0 Å². The van der Waals surface area contributed by atoms with Gasteiger partial charge in [-0.3, -0.25) is 9.36 Å². The summed E-state index contributed by atoms with van der Waals surface area (Å²) in [5, 5.41) is 1.51. The van der Waals surface area contributed by atoms with E-state index in [0.29, 0.717) is 17.5 Å². The molecule has 0 aliphatic heterocycles. The summed E-state index contributed by atoms with van der Waals surface area (Å²) in [4.78, 5) is 12.5. The van der Waals surface area contributed by atoms with Crippen molar-refractivity contribution < 1.29 is 4.39 Å². The highest BCUT2D eigenvalue weighted by Gasteiger charge is 2.15. The van der Waals surface area contributed by atoms with Gasteiger partial charge in [0.05, 0.1) is 5.70 Å². The van der Waals surface area contributed by atoms with Crippen molar-refractivity contribution in [3.8, 4) is 0 Å². The lowest BCUT2D eigenvalue weighted by molar-refractivity contribution is 0.643. The Kier molecular flexibility index (Phi) is 4.73. The summed E-state index contributed by atoms with van der Waals surface area (Å²) >= 11 is 0. The van der Waals surface area contributed by atoms with Crippen LogP contribution in [-0.4, -0.2) is 4.57 Å². The fourth-order valence-corrected chi connectivity index (χ4v) is 2.52. The number of allylic oxidation sites excluding steroid dienone is 4. The Morgan fingerprint density at radius 1 is 1.10 bits per heavy atom. The van der Waals surface area contributed by atoms with E-state index in [9.17, 15) is 9.18 Å². The van der Waals surface area contributed by atoms with Gasteiger partial charge in [-0.25, -0.2) is 4.39 Å². The second-order valence-corrected chi connectivity index (χ2v) is 4.73. The molecule has 0 spiro atoms. The molecule has 0 fully saturated rings. The first kappa shape index (κ1) is 15.2. The third-order valence-electron chi connectivity index (χ3n) is 3.42. The number of rotatable bonds is 1. The summed E-state index contributed by atoms with van der Waals surface area (Å²) in [6.07, 6.45) is 4.78. The van der Waals surface area contributed by atoms with E-state index in [1.54, 1.807) is 12.1 Å². The van der Waals surface area contributed by atoms with E-state index >= 15 is 0 Å². The highest BCUT2D eigenvalue weighted by molar-refractivity contribution is 5.83. The van der Waals surface area contributed by atoms with Crippen molar-refractivity contribution in [2.75, 3.05) is 0 Å². The fourth-order valence-electron chi connectivity index (χ4n) is 2.52. The predicted octanol–water partition coefficient (Wildman–Crippen LogP) is 4.82. The molecule has 3 heteroatoms. The fraction of sp³-hybridized carbons (Fsp3) is 0.278. The molecule has 3 rings (SSSR count). The summed E-state index contributed by atoms with van der Waals surface area (Å²) in [6.45, 7) is 5.83. The molecule has 0 saturated heterocycles. The Morgan fingerprint density at radius 3 is 2.48 bits per heavy atom. The minimum absolute atomic E-state index is 0.160. The van der Waals surface area contributed by atoms with Crippen molar-refractivity contribution in [2.24, 2.45) is 0 Å². The maximum absolute atomic E-state index is 13.9. The lowest BCUT2D eigenvalue weighted by atomic mass is 10.1. The molecule has 0 amide bonds. The lowest BCUT2D eigenvalue weighted by Gasteiger charge is -2.16. The van der Waals surface area contributed by atoms with Crippen molar-refractivity contribution >= 4 is 16.5 Å². The molecule has 1 aromatic heterocycles. The maximum Gasteiger partial charge on any atom is 0.263 e. The van der Waals surface area contributed by atoms with E-state index in [0.717, 1.165) is 17.5 Å². The standard InChI is InChI=1S/C16H14FNO.C2H6/c1-11-10-12-6-2-3-7-13(12)16(19)18(11)15-9-5-4-8-14(15)17;1-2/h2-3,6-10H,4-5H2,1H3;1-2H3. The van der Waals surface area contributed by atoms with Crippen molar-refractivity contribution in [3.63, 3.8) is 0 Å². The normalized spacial score (nSPS) is 14.1. The molecule has 0 radical (unpaired) electrons. The first-order chi connectivity index (χ1) is 10.2. The van der Waals surface area contributed by atoms with Crippen LogP contribution in [-0.2, 0) is 0 Å². The summed E-state index contributed by atoms with van der Waals surface area (Å²) in [5.74, 6) is -0.313. The van der Waals surface area contributed by atoms with E-state index in [2.05, 4.69) is 0 Å². The van der Waals surface area contributed by atoms with Gasteiger partial charge in [0.1, 0.15) is 5.83 Å². The molecule has 1 aliphatic carbocycles. The van der Waals surface area contributed by atoms with Gasteiger partial charge in [-0.15, -0.1) is 0 Å². The van der Waals surface area contributed by atoms with E-state index in [1.165, 1.54) is 10.6 Å². The summed E-state index contributed by atoms with van der Waals surface area (Å²) in [5.41, 5.74) is 0.965. The maximum atomic E-state index is 13.9. The van der Waals surface area contributed by atoms with Crippen molar-refractivity contribution in [1.29, 1.82) is 0 Å². The first-order valence-electron chi connectivity index (χ1n) is 7.36. The smallest absolute Gasteiger partial charge is 0.263 e. The van der Waals surface area contributed by atoms with Gasteiger partial charge < -0.3 is 0 Å². The van der Waals surface area contributed by atoms with Crippen LogP contribution in [0.1, 0.15) is 32.4 Å². The number of halogens is 1. The monoisotopic (exact) mass is 285 g/mol. The molecule has 0 atom stereocenters. The van der Waals surface area contributed by atoms with Crippen LogP contribution in [0.5, 0.6) is 0 Å². The summed E-state index contributed by atoms with van der Waals surface area (Å²) in [7, 11) is 0. The lowest BCUT2D eigenvalue weighted by Crippen LogP contribution is -2.22. The molecule has 21 heavy (non-hydrogen) atoms. The van der Waals surface area contributed by atoms with Crippen molar-refractivity contribution in [3.05, 3.63) is 64.4 Å². The zero-order valence-electron chi connectivity index (χ0n) is 12.7.